The van der Waals surface area contributed by atoms with Crippen molar-refractivity contribution in [2.24, 2.45) is 0 Å². The first-order chi connectivity index (χ1) is 18.7. The van der Waals surface area contributed by atoms with Gasteiger partial charge in [-0.05, 0) is 60.6 Å². The van der Waals surface area contributed by atoms with E-state index in [4.69, 9.17) is 43.9 Å². The maximum atomic E-state index is 11.3. The van der Waals surface area contributed by atoms with Crippen molar-refractivity contribution >= 4 is 58.0 Å². The van der Waals surface area contributed by atoms with E-state index in [2.05, 4.69) is 4.98 Å². The summed E-state index contributed by atoms with van der Waals surface area (Å²) in [5.41, 5.74) is 2.54. The number of halogens is 3. The van der Waals surface area contributed by atoms with Crippen LogP contribution in [0.4, 0.5) is 5.69 Å². The zero-order chi connectivity index (χ0) is 27.3. The van der Waals surface area contributed by atoms with E-state index in [1.807, 2.05) is 4.90 Å². The molecule has 0 atom stereocenters. The van der Waals surface area contributed by atoms with Gasteiger partial charge < -0.3 is 19.8 Å². The van der Waals surface area contributed by atoms with E-state index in [1.165, 1.54) is 28.7 Å². The number of β-amino-alcohol motifs (C(OH)–C–C–N with tert-alkyl or cyclic N) is 1. The van der Waals surface area contributed by atoms with E-state index in [1.54, 1.807) is 42.6 Å². The average molecular weight is 603 g/mol. The van der Waals surface area contributed by atoms with Crippen molar-refractivity contribution in [1.29, 1.82) is 0 Å². The molecule has 2 fully saturated rings. The molecule has 3 heterocycles. The number of aliphatic hydroxyl groups is 1. The Balaban J connectivity index is 1.19. The standard InChI is InChI=1S/C28H22Cl3N3O4S/c29-21-2-1-3-22(30)24(21)25-19(26(39-33-25)15-4-5-15)12-38-18-6-7-20(23(31)9-18)28(37)13-34(14-28)17-8-16(27(35)36)10-32-11-17/h1-3,6-11,15,37H,4-5,12-14H2,(H,35,36). The number of nitrogens with zero attached hydrogens (tertiary/aromatic N) is 3. The summed E-state index contributed by atoms with van der Waals surface area (Å²) in [6.07, 6.45) is 5.11. The van der Waals surface area contributed by atoms with Crippen LogP contribution in [-0.4, -0.2) is 38.6 Å². The second-order valence-electron chi connectivity index (χ2n) is 9.80. The molecule has 39 heavy (non-hydrogen) atoms. The number of aromatic nitrogens is 2. The van der Waals surface area contributed by atoms with E-state index < -0.39 is 11.6 Å². The Labute approximate surface area is 243 Å². The number of hydrogen-bond acceptors (Lipinski definition) is 7. The van der Waals surface area contributed by atoms with Crippen LogP contribution < -0.4 is 9.64 Å². The second kappa shape index (κ2) is 10.3. The van der Waals surface area contributed by atoms with Gasteiger partial charge in [-0.15, -0.1) is 0 Å². The molecule has 1 aliphatic carbocycles. The number of benzene rings is 2. The molecule has 1 saturated heterocycles. The number of carboxylic acids is 1. The molecule has 0 amide bonds. The molecule has 0 bridgehead atoms. The Kier molecular flexibility index (Phi) is 6.93. The Morgan fingerprint density at radius 3 is 2.49 bits per heavy atom. The minimum atomic E-state index is -1.18. The number of hydrogen-bond donors (Lipinski definition) is 2. The van der Waals surface area contributed by atoms with Crippen molar-refractivity contribution in [3.05, 3.63) is 91.5 Å². The maximum Gasteiger partial charge on any atom is 0.337 e. The van der Waals surface area contributed by atoms with E-state index in [9.17, 15) is 15.0 Å². The fraction of sp³-hybridized carbons (Fsp3) is 0.250. The molecule has 2 aliphatic rings. The van der Waals surface area contributed by atoms with Crippen molar-refractivity contribution in [3.63, 3.8) is 0 Å². The maximum absolute atomic E-state index is 11.3. The van der Waals surface area contributed by atoms with Crippen molar-refractivity contribution in [3.8, 4) is 17.0 Å². The lowest BCUT2D eigenvalue weighted by atomic mass is 9.85. The normalized spacial score (nSPS) is 16.2. The molecular weight excluding hydrogens is 581 g/mol. The lowest BCUT2D eigenvalue weighted by molar-refractivity contribution is 0.00757. The highest BCUT2D eigenvalue weighted by Crippen LogP contribution is 2.48. The summed E-state index contributed by atoms with van der Waals surface area (Å²) in [5, 5.41) is 21.9. The summed E-state index contributed by atoms with van der Waals surface area (Å²) in [5.74, 6) is -0.0151. The highest BCUT2D eigenvalue weighted by Gasteiger charge is 2.44. The first-order valence-corrected chi connectivity index (χ1v) is 14.2. The third-order valence-corrected chi connectivity index (χ3v) is 9.03. The Bertz CT molecular complexity index is 1560. The van der Waals surface area contributed by atoms with Crippen LogP contribution in [-0.2, 0) is 12.2 Å². The van der Waals surface area contributed by atoms with Gasteiger partial charge in [0.2, 0.25) is 0 Å². The monoisotopic (exact) mass is 601 g/mol. The largest absolute Gasteiger partial charge is 0.489 e. The van der Waals surface area contributed by atoms with Gasteiger partial charge in [0.1, 0.15) is 18.0 Å². The zero-order valence-corrected chi connectivity index (χ0v) is 23.5. The Morgan fingerprint density at radius 2 is 1.82 bits per heavy atom. The summed E-state index contributed by atoms with van der Waals surface area (Å²) >= 11 is 21.1. The molecule has 11 heteroatoms. The van der Waals surface area contributed by atoms with E-state index in [0.717, 1.165) is 24.1 Å². The first kappa shape index (κ1) is 26.3. The first-order valence-electron chi connectivity index (χ1n) is 12.2. The molecule has 1 aliphatic heterocycles. The fourth-order valence-corrected chi connectivity index (χ4v) is 6.79. The number of aromatic carboxylic acids is 1. The average Bonchev–Trinajstić information content (AvgIpc) is 3.66. The summed E-state index contributed by atoms with van der Waals surface area (Å²) in [6.45, 7) is 0.787. The van der Waals surface area contributed by atoms with Crippen LogP contribution in [0.3, 0.4) is 0 Å². The van der Waals surface area contributed by atoms with Crippen LogP contribution in [0.25, 0.3) is 11.3 Å². The van der Waals surface area contributed by atoms with Gasteiger partial charge in [0, 0.05) is 27.8 Å². The van der Waals surface area contributed by atoms with Crippen LogP contribution in [0.2, 0.25) is 15.1 Å². The zero-order valence-electron chi connectivity index (χ0n) is 20.4. The van der Waals surface area contributed by atoms with Gasteiger partial charge in [0.15, 0.2) is 0 Å². The van der Waals surface area contributed by atoms with Crippen LogP contribution in [0.1, 0.15) is 45.1 Å². The van der Waals surface area contributed by atoms with E-state index in [0.29, 0.717) is 43.5 Å². The van der Waals surface area contributed by atoms with Gasteiger partial charge in [-0.25, -0.2) is 4.79 Å². The predicted octanol–water partition coefficient (Wildman–Crippen LogP) is 7.03. The molecule has 2 aromatic heterocycles. The molecule has 0 spiro atoms. The number of pyridine rings is 1. The quantitative estimate of drug-likeness (QED) is 0.224. The predicted molar refractivity (Wildman–Crippen MR) is 153 cm³/mol. The Hall–Kier alpha value is -2.88. The summed E-state index contributed by atoms with van der Waals surface area (Å²) < 4.78 is 10.9. The molecule has 200 valence electrons. The molecule has 0 radical (unpaired) electrons. The van der Waals surface area contributed by atoms with Crippen molar-refractivity contribution in [1.82, 2.24) is 9.36 Å². The highest BCUT2D eigenvalue weighted by atomic mass is 35.5. The van der Waals surface area contributed by atoms with Crippen LogP contribution in [0.5, 0.6) is 5.75 Å². The number of carboxylic acid groups (broad SMARTS) is 1. The summed E-state index contributed by atoms with van der Waals surface area (Å²) in [6, 6.07) is 12.2. The highest BCUT2D eigenvalue weighted by molar-refractivity contribution is 7.06. The number of ether oxygens (including phenoxy) is 1. The van der Waals surface area contributed by atoms with Gasteiger partial charge >= 0.3 is 5.97 Å². The third-order valence-electron chi connectivity index (χ3n) is 7.03. The van der Waals surface area contributed by atoms with Gasteiger partial charge in [0.25, 0.3) is 0 Å². The van der Waals surface area contributed by atoms with Gasteiger partial charge in [-0.2, -0.15) is 4.37 Å². The van der Waals surface area contributed by atoms with Crippen LogP contribution in [0.15, 0.2) is 54.9 Å². The molecule has 1 saturated carbocycles. The number of anilines is 1. The molecule has 6 rings (SSSR count). The van der Waals surface area contributed by atoms with Crippen LogP contribution >= 0.6 is 46.3 Å². The van der Waals surface area contributed by atoms with Crippen LogP contribution in [0, 0.1) is 0 Å². The van der Waals surface area contributed by atoms with E-state index in [-0.39, 0.29) is 25.3 Å². The number of carbonyl (C=O) groups is 1. The minimum Gasteiger partial charge on any atom is -0.489 e. The molecule has 0 unspecified atom stereocenters. The molecule has 4 aromatic rings. The molecular formula is C28H22Cl3N3O4S. The van der Waals surface area contributed by atoms with Crippen molar-refractivity contribution < 1.29 is 19.7 Å². The fourth-order valence-electron chi connectivity index (χ4n) is 4.82. The van der Waals surface area contributed by atoms with Gasteiger partial charge in [-0.1, -0.05) is 46.9 Å². The Morgan fingerprint density at radius 1 is 1.08 bits per heavy atom. The lowest BCUT2D eigenvalue weighted by Crippen LogP contribution is -2.59. The second-order valence-corrected chi connectivity index (χ2v) is 11.8. The summed E-state index contributed by atoms with van der Waals surface area (Å²) in [4.78, 5) is 18.3. The number of rotatable bonds is 8. The third kappa shape index (κ3) is 5.08. The smallest absolute Gasteiger partial charge is 0.337 e. The lowest BCUT2D eigenvalue weighted by Gasteiger charge is -2.48. The van der Waals surface area contributed by atoms with Crippen molar-refractivity contribution in [2.75, 3.05) is 18.0 Å². The summed E-state index contributed by atoms with van der Waals surface area (Å²) in [7, 11) is 0. The van der Waals surface area contributed by atoms with Gasteiger partial charge in [-0.3, -0.25) is 4.98 Å². The topological polar surface area (TPSA) is 95.8 Å². The van der Waals surface area contributed by atoms with Gasteiger partial charge in [0.05, 0.1) is 51.3 Å². The minimum absolute atomic E-state index is 0.0908. The molecule has 2 N–H and O–H groups in total. The molecule has 7 nitrogen and oxygen atoms in total. The van der Waals surface area contributed by atoms with E-state index >= 15 is 0 Å². The molecule has 2 aromatic carbocycles. The SMILES string of the molecule is O=C(O)c1cncc(N2CC(O)(c3ccc(OCc4c(-c5c(Cl)cccc5Cl)nsc4C4CC4)cc3Cl)C2)c1. The van der Waals surface area contributed by atoms with Crippen molar-refractivity contribution in [2.45, 2.75) is 31.0 Å².